The molecule has 2 aliphatic rings. The van der Waals surface area contributed by atoms with Gasteiger partial charge in [0.05, 0.1) is 19.1 Å². The molecular formula is C19H24N4O3. The fourth-order valence-electron chi connectivity index (χ4n) is 3.27. The Morgan fingerprint density at radius 1 is 1.27 bits per heavy atom. The predicted molar refractivity (Wildman–Crippen MR) is 93.5 cm³/mol. The Kier molecular flexibility index (Phi) is 5.24. The molecule has 7 nitrogen and oxygen atoms in total. The van der Waals surface area contributed by atoms with Gasteiger partial charge >= 0.3 is 0 Å². The van der Waals surface area contributed by atoms with Crippen LogP contribution in [-0.4, -0.2) is 51.7 Å². The number of rotatable bonds is 7. The van der Waals surface area contributed by atoms with Gasteiger partial charge in [-0.2, -0.15) is 4.98 Å². The molecule has 1 atom stereocenters. The molecule has 7 heteroatoms. The molecule has 1 aliphatic carbocycles. The SMILES string of the molecule is O=C(Cc1ccncc1)N1CCCC(OCCc2noc(C3CC3)n2)C1. The molecule has 26 heavy (non-hydrogen) atoms. The molecule has 1 unspecified atom stereocenters. The summed E-state index contributed by atoms with van der Waals surface area (Å²) < 4.78 is 11.2. The van der Waals surface area contributed by atoms with Crippen LogP contribution in [0.5, 0.6) is 0 Å². The summed E-state index contributed by atoms with van der Waals surface area (Å²) in [6, 6.07) is 3.77. The van der Waals surface area contributed by atoms with Crippen molar-refractivity contribution in [2.45, 2.75) is 50.5 Å². The minimum Gasteiger partial charge on any atom is -0.376 e. The topological polar surface area (TPSA) is 81.4 Å². The predicted octanol–water partition coefficient (Wildman–Crippen LogP) is 2.13. The fourth-order valence-corrected chi connectivity index (χ4v) is 3.27. The summed E-state index contributed by atoms with van der Waals surface area (Å²) in [5.41, 5.74) is 0.997. The first-order chi connectivity index (χ1) is 12.8. The number of aromatic nitrogens is 3. The molecule has 1 saturated heterocycles. The van der Waals surface area contributed by atoms with Gasteiger partial charge in [0.15, 0.2) is 5.82 Å². The molecule has 0 radical (unpaired) electrons. The number of ether oxygens (including phenoxy) is 1. The lowest BCUT2D eigenvalue weighted by Gasteiger charge is -2.32. The molecule has 2 fully saturated rings. The average Bonchev–Trinajstić information content (AvgIpc) is 3.42. The van der Waals surface area contributed by atoms with Crippen LogP contribution in [-0.2, 0) is 22.4 Å². The second-order valence-electron chi connectivity index (χ2n) is 7.08. The van der Waals surface area contributed by atoms with E-state index in [2.05, 4.69) is 15.1 Å². The molecule has 1 amide bonds. The molecular weight excluding hydrogens is 332 g/mol. The van der Waals surface area contributed by atoms with Gasteiger partial charge in [-0.3, -0.25) is 9.78 Å². The van der Waals surface area contributed by atoms with Crippen molar-refractivity contribution in [3.63, 3.8) is 0 Å². The molecule has 2 aromatic heterocycles. The number of nitrogens with zero attached hydrogens (tertiary/aromatic N) is 4. The Labute approximate surface area is 152 Å². The lowest BCUT2D eigenvalue weighted by molar-refractivity contribution is -0.134. The van der Waals surface area contributed by atoms with Crippen LogP contribution in [0.3, 0.4) is 0 Å². The molecule has 2 aromatic rings. The van der Waals surface area contributed by atoms with Crippen LogP contribution in [0, 0.1) is 0 Å². The molecule has 138 valence electrons. The Balaban J connectivity index is 1.22. The van der Waals surface area contributed by atoms with Crippen molar-refractivity contribution in [1.82, 2.24) is 20.0 Å². The second-order valence-corrected chi connectivity index (χ2v) is 7.08. The first-order valence-corrected chi connectivity index (χ1v) is 9.38. The quantitative estimate of drug-likeness (QED) is 0.756. The molecule has 0 bridgehead atoms. The summed E-state index contributed by atoms with van der Waals surface area (Å²) in [6.07, 6.45) is 8.86. The van der Waals surface area contributed by atoms with Crippen LogP contribution in [0.4, 0.5) is 0 Å². The van der Waals surface area contributed by atoms with E-state index in [1.807, 2.05) is 17.0 Å². The molecule has 1 saturated carbocycles. The molecule has 3 heterocycles. The van der Waals surface area contributed by atoms with Gasteiger partial charge in [-0.15, -0.1) is 0 Å². The summed E-state index contributed by atoms with van der Waals surface area (Å²) in [7, 11) is 0. The molecule has 0 N–H and O–H groups in total. The summed E-state index contributed by atoms with van der Waals surface area (Å²) >= 11 is 0. The van der Waals surface area contributed by atoms with Crippen LogP contribution in [0.15, 0.2) is 29.0 Å². The number of carbonyl (C=O) groups excluding carboxylic acids is 1. The van der Waals surface area contributed by atoms with Gasteiger partial charge in [-0.1, -0.05) is 5.16 Å². The number of hydrogen-bond acceptors (Lipinski definition) is 6. The fraction of sp³-hybridized carbons (Fsp3) is 0.579. The van der Waals surface area contributed by atoms with Crippen molar-refractivity contribution in [2.24, 2.45) is 0 Å². The first-order valence-electron chi connectivity index (χ1n) is 9.38. The first kappa shape index (κ1) is 17.1. The van der Waals surface area contributed by atoms with E-state index in [0.717, 1.165) is 43.7 Å². The highest BCUT2D eigenvalue weighted by molar-refractivity contribution is 5.78. The summed E-state index contributed by atoms with van der Waals surface area (Å²) in [4.78, 5) is 22.8. The third-order valence-corrected chi connectivity index (χ3v) is 4.93. The van der Waals surface area contributed by atoms with E-state index in [4.69, 9.17) is 9.26 Å². The minimum absolute atomic E-state index is 0.0833. The van der Waals surface area contributed by atoms with Gasteiger partial charge in [0, 0.05) is 37.8 Å². The zero-order chi connectivity index (χ0) is 17.8. The monoisotopic (exact) mass is 356 g/mol. The van der Waals surface area contributed by atoms with Crippen molar-refractivity contribution in [3.05, 3.63) is 41.8 Å². The average molecular weight is 356 g/mol. The summed E-state index contributed by atoms with van der Waals surface area (Å²) in [5, 5.41) is 4.01. The number of hydrogen-bond donors (Lipinski definition) is 0. The largest absolute Gasteiger partial charge is 0.376 e. The molecule has 0 spiro atoms. The third-order valence-electron chi connectivity index (χ3n) is 4.93. The number of likely N-dealkylation sites (tertiary alicyclic amines) is 1. The van der Waals surface area contributed by atoms with Crippen LogP contribution in [0.25, 0.3) is 0 Å². The maximum absolute atomic E-state index is 12.5. The van der Waals surface area contributed by atoms with Crippen molar-refractivity contribution < 1.29 is 14.1 Å². The zero-order valence-corrected chi connectivity index (χ0v) is 14.8. The van der Waals surface area contributed by atoms with Crippen molar-refractivity contribution in [3.8, 4) is 0 Å². The normalized spacial score (nSPS) is 20.3. The van der Waals surface area contributed by atoms with Crippen molar-refractivity contribution >= 4 is 5.91 Å². The van der Waals surface area contributed by atoms with E-state index in [9.17, 15) is 4.79 Å². The van der Waals surface area contributed by atoms with Crippen LogP contribution < -0.4 is 0 Å². The number of carbonyl (C=O) groups is 1. The van der Waals surface area contributed by atoms with Crippen LogP contribution >= 0.6 is 0 Å². The van der Waals surface area contributed by atoms with E-state index in [0.29, 0.717) is 37.7 Å². The molecule has 0 aromatic carbocycles. The number of piperidine rings is 1. The van der Waals surface area contributed by atoms with Gasteiger partial charge in [0.2, 0.25) is 11.8 Å². The molecule has 1 aliphatic heterocycles. The van der Waals surface area contributed by atoms with E-state index < -0.39 is 0 Å². The van der Waals surface area contributed by atoms with E-state index in [1.54, 1.807) is 12.4 Å². The van der Waals surface area contributed by atoms with Gasteiger partial charge in [-0.25, -0.2) is 0 Å². The number of pyridine rings is 1. The van der Waals surface area contributed by atoms with Gasteiger partial charge < -0.3 is 14.2 Å². The Bertz CT molecular complexity index is 729. The van der Waals surface area contributed by atoms with E-state index in [1.165, 1.54) is 0 Å². The number of amides is 1. The lowest BCUT2D eigenvalue weighted by Crippen LogP contribution is -2.44. The third kappa shape index (κ3) is 4.46. The molecule has 4 rings (SSSR count). The lowest BCUT2D eigenvalue weighted by atomic mass is 10.1. The van der Waals surface area contributed by atoms with Crippen LogP contribution in [0.1, 0.15) is 48.9 Å². The Morgan fingerprint density at radius 3 is 2.92 bits per heavy atom. The maximum Gasteiger partial charge on any atom is 0.229 e. The summed E-state index contributed by atoms with van der Waals surface area (Å²) in [6.45, 7) is 2.02. The van der Waals surface area contributed by atoms with E-state index in [-0.39, 0.29) is 12.0 Å². The Hall–Kier alpha value is -2.28. The van der Waals surface area contributed by atoms with Gasteiger partial charge in [-0.05, 0) is 43.4 Å². The van der Waals surface area contributed by atoms with Crippen molar-refractivity contribution in [2.75, 3.05) is 19.7 Å². The van der Waals surface area contributed by atoms with Gasteiger partial charge in [0.25, 0.3) is 0 Å². The Morgan fingerprint density at radius 2 is 2.12 bits per heavy atom. The van der Waals surface area contributed by atoms with Gasteiger partial charge in [0.1, 0.15) is 0 Å². The highest BCUT2D eigenvalue weighted by Gasteiger charge is 2.29. The zero-order valence-electron chi connectivity index (χ0n) is 14.8. The van der Waals surface area contributed by atoms with E-state index >= 15 is 0 Å². The highest BCUT2D eigenvalue weighted by Crippen LogP contribution is 2.38. The van der Waals surface area contributed by atoms with Crippen molar-refractivity contribution in [1.29, 1.82) is 0 Å². The van der Waals surface area contributed by atoms with Crippen LogP contribution in [0.2, 0.25) is 0 Å². The standard InChI is InChI=1S/C19H24N4O3/c24-18(12-14-5-8-20-9-6-14)23-10-1-2-16(13-23)25-11-7-17-21-19(26-22-17)15-3-4-15/h5-6,8-9,15-16H,1-4,7,10-13H2. The second kappa shape index (κ2) is 7.95. The summed E-state index contributed by atoms with van der Waals surface area (Å²) in [5.74, 6) is 2.12. The smallest absolute Gasteiger partial charge is 0.229 e. The highest BCUT2D eigenvalue weighted by atomic mass is 16.5. The minimum atomic E-state index is 0.0833. The maximum atomic E-state index is 12.5.